The second-order valence-corrected chi connectivity index (χ2v) is 10.1. The summed E-state index contributed by atoms with van der Waals surface area (Å²) < 4.78 is 53.2. The number of rotatable bonds is 4. The second-order valence-electron chi connectivity index (χ2n) is 10.1. The fraction of sp³-hybridized carbons (Fsp3) is 1.00. The molecule has 3 aliphatic rings. The lowest BCUT2D eigenvalue weighted by Gasteiger charge is -2.30. The molecule has 0 bridgehead atoms. The zero-order valence-electron chi connectivity index (χ0n) is 18.3. The van der Waals surface area contributed by atoms with Crippen molar-refractivity contribution in [2.45, 2.75) is 133 Å². The summed E-state index contributed by atoms with van der Waals surface area (Å²) in [6, 6.07) is 0.204. The molecule has 2 aliphatic carbocycles. The van der Waals surface area contributed by atoms with Crippen LogP contribution < -0.4 is 16.8 Å². The van der Waals surface area contributed by atoms with Crippen LogP contribution in [0.4, 0.5) is 13.2 Å². The largest absolute Gasteiger partial charge is 0.391 e. The van der Waals surface area contributed by atoms with Gasteiger partial charge < -0.3 is 20.9 Å². The lowest BCUT2D eigenvalue weighted by Crippen LogP contribution is -2.44. The summed E-state index contributed by atoms with van der Waals surface area (Å²) in [5.41, 5.74) is 12.1. The van der Waals surface area contributed by atoms with Gasteiger partial charge in [-0.15, -0.1) is 0 Å². The van der Waals surface area contributed by atoms with Crippen LogP contribution in [0.5, 0.6) is 0 Å². The molecule has 8 heteroatoms. The first-order valence-electron chi connectivity index (χ1n) is 11.8. The standard InChI is InChI=1S/C22H40F3N3O2/c1-21(27)12-3-6-18(11-13-21)30-20-14-15(22(23,24)25)7-10-19(28-20)29-17-5-2-4-16(26)8-9-17/h15-20,28H,2-14,26-27H2,1H3. The van der Waals surface area contributed by atoms with E-state index in [4.69, 9.17) is 20.9 Å². The van der Waals surface area contributed by atoms with Crippen molar-refractivity contribution in [2.24, 2.45) is 17.4 Å². The molecule has 5 nitrogen and oxygen atoms in total. The maximum absolute atomic E-state index is 13.6. The average Bonchev–Trinajstić information content (AvgIpc) is 3.04. The lowest BCUT2D eigenvalue weighted by molar-refractivity contribution is -0.187. The van der Waals surface area contributed by atoms with E-state index in [9.17, 15) is 13.2 Å². The van der Waals surface area contributed by atoms with Crippen LogP contribution in [0.3, 0.4) is 0 Å². The van der Waals surface area contributed by atoms with Crippen molar-refractivity contribution in [3.05, 3.63) is 0 Å². The van der Waals surface area contributed by atoms with Gasteiger partial charge in [-0.2, -0.15) is 13.2 Å². The fourth-order valence-corrected chi connectivity index (χ4v) is 5.11. The monoisotopic (exact) mass is 435 g/mol. The van der Waals surface area contributed by atoms with E-state index in [1.807, 2.05) is 6.92 Å². The Labute approximate surface area is 178 Å². The lowest BCUT2D eigenvalue weighted by atomic mass is 9.94. The van der Waals surface area contributed by atoms with Crippen LogP contribution >= 0.6 is 0 Å². The summed E-state index contributed by atoms with van der Waals surface area (Å²) in [5, 5.41) is 3.28. The van der Waals surface area contributed by atoms with Crippen LogP contribution in [0, 0.1) is 5.92 Å². The van der Waals surface area contributed by atoms with Crippen molar-refractivity contribution < 1.29 is 22.6 Å². The van der Waals surface area contributed by atoms with Gasteiger partial charge in [0.1, 0.15) is 12.5 Å². The van der Waals surface area contributed by atoms with Crippen LogP contribution in [0.25, 0.3) is 0 Å². The molecule has 7 atom stereocenters. The van der Waals surface area contributed by atoms with Gasteiger partial charge in [-0.1, -0.05) is 0 Å². The maximum Gasteiger partial charge on any atom is 0.391 e. The zero-order valence-corrected chi connectivity index (χ0v) is 18.3. The Bertz CT molecular complexity index is 532. The summed E-state index contributed by atoms with van der Waals surface area (Å²) in [6.45, 7) is 2.04. The fourth-order valence-electron chi connectivity index (χ4n) is 5.11. The third-order valence-corrected chi connectivity index (χ3v) is 7.10. The summed E-state index contributed by atoms with van der Waals surface area (Å²) in [6.07, 6.45) is 4.07. The summed E-state index contributed by atoms with van der Waals surface area (Å²) in [4.78, 5) is 0. The van der Waals surface area contributed by atoms with Crippen molar-refractivity contribution in [3.63, 3.8) is 0 Å². The molecular weight excluding hydrogens is 395 g/mol. The van der Waals surface area contributed by atoms with E-state index in [1.165, 1.54) is 0 Å². The molecule has 0 aromatic carbocycles. The Morgan fingerprint density at radius 3 is 2.30 bits per heavy atom. The quantitative estimate of drug-likeness (QED) is 0.573. The molecule has 0 aromatic heterocycles. The molecule has 1 heterocycles. The van der Waals surface area contributed by atoms with E-state index in [-0.39, 0.29) is 36.6 Å². The highest BCUT2D eigenvalue weighted by molar-refractivity contribution is 4.85. The predicted molar refractivity (Wildman–Crippen MR) is 111 cm³/mol. The number of ether oxygens (including phenoxy) is 2. The van der Waals surface area contributed by atoms with E-state index < -0.39 is 24.6 Å². The molecule has 5 N–H and O–H groups in total. The summed E-state index contributed by atoms with van der Waals surface area (Å²) in [7, 11) is 0. The minimum Gasteiger partial charge on any atom is -0.360 e. The minimum atomic E-state index is -4.22. The van der Waals surface area contributed by atoms with E-state index in [2.05, 4.69) is 5.32 Å². The Hall–Kier alpha value is -0.410. The predicted octanol–water partition coefficient (Wildman–Crippen LogP) is 4.33. The van der Waals surface area contributed by atoms with E-state index in [0.29, 0.717) is 6.42 Å². The van der Waals surface area contributed by atoms with Crippen LogP contribution in [-0.4, -0.2) is 42.4 Å². The minimum absolute atomic E-state index is 0.0509. The van der Waals surface area contributed by atoms with Crippen molar-refractivity contribution in [1.82, 2.24) is 5.32 Å². The molecule has 3 rings (SSSR count). The van der Waals surface area contributed by atoms with Gasteiger partial charge in [0.25, 0.3) is 0 Å². The third-order valence-electron chi connectivity index (χ3n) is 7.10. The highest BCUT2D eigenvalue weighted by atomic mass is 19.4. The van der Waals surface area contributed by atoms with E-state index in [1.54, 1.807) is 0 Å². The summed E-state index contributed by atoms with van der Waals surface area (Å²) in [5.74, 6) is -1.36. The smallest absolute Gasteiger partial charge is 0.360 e. The molecule has 7 unspecified atom stereocenters. The summed E-state index contributed by atoms with van der Waals surface area (Å²) >= 11 is 0. The van der Waals surface area contributed by atoms with Crippen LogP contribution in [0.1, 0.15) is 90.4 Å². The van der Waals surface area contributed by atoms with Crippen molar-refractivity contribution in [2.75, 3.05) is 0 Å². The number of halogens is 3. The van der Waals surface area contributed by atoms with Gasteiger partial charge in [-0.3, -0.25) is 5.32 Å². The first-order valence-corrected chi connectivity index (χ1v) is 11.8. The van der Waals surface area contributed by atoms with Gasteiger partial charge in [0.15, 0.2) is 0 Å². The van der Waals surface area contributed by atoms with Gasteiger partial charge >= 0.3 is 6.18 Å². The SMILES string of the molecule is CC1(N)CCCC(OC2CC(C(F)(F)F)CCC(OC3CCCC(N)CC3)N2)CC1. The third kappa shape index (κ3) is 7.62. The molecule has 176 valence electrons. The van der Waals surface area contributed by atoms with Gasteiger partial charge in [0.05, 0.1) is 18.1 Å². The Balaban J connectivity index is 1.61. The van der Waals surface area contributed by atoms with Gasteiger partial charge in [-0.05, 0) is 90.4 Å². The Morgan fingerprint density at radius 2 is 1.53 bits per heavy atom. The van der Waals surface area contributed by atoms with Crippen LogP contribution in [-0.2, 0) is 9.47 Å². The van der Waals surface area contributed by atoms with Crippen LogP contribution in [0.2, 0.25) is 0 Å². The number of alkyl halides is 3. The van der Waals surface area contributed by atoms with Crippen LogP contribution in [0.15, 0.2) is 0 Å². The molecule has 1 saturated heterocycles. The molecule has 0 amide bonds. The van der Waals surface area contributed by atoms with E-state index in [0.717, 1.165) is 64.2 Å². The molecule has 30 heavy (non-hydrogen) atoms. The topological polar surface area (TPSA) is 82.5 Å². The van der Waals surface area contributed by atoms with Crippen molar-refractivity contribution in [3.8, 4) is 0 Å². The van der Waals surface area contributed by atoms with Gasteiger partial charge in [-0.25, -0.2) is 0 Å². The Morgan fingerprint density at radius 1 is 0.833 bits per heavy atom. The molecular formula is C22H40F3N3O2. The number of hydrogen-bond donors (Lipinski definition) is 3. The molecule has 0 spiro atoms. The zero-order chi connectivity index (χ0) is 21.8. The molecule has 2 saturated carbocycles. The molecule has 0 aromatic rings. The molecule has 3 fully saturated rings. The maximum atomic E-state index is 13.6. The van der Waals surface area contributed by atoms with Crippen molar-refractivity contribution >= 4 is 0 Å². The number of nitrogens with two attached hydrogens (primary N) is 2. The molecule has 0 radical (unpaired) electrons. The normalized spacial score (nSPS) is 42.2. The van der Waals surface area contributed by atoms with E-state index >= 15 is 0 Å². The second kappa shape index (κ2) is 10.5. The molecule has 1 aliphatic heterocycles. The van der Waals surface area contributed by atoms with Gasteiger partial charge in [0, 0.05) is 11.6 Å². The average molecular weight is 436 g/mol. The highest BCUT2D eigenvalue weighted by Gasteiger charge is 2.44. The van der Waals surface area contributed by atoms with Gasteiger partial charge in [0.2, 0.25) is 0 Å². The van der Waals surface area contributed by atoms with Crippen molar-refractivity contribution in [1.29, 1.82) is 0 Å². The number of nitrogens with one attached hydrogen (secondary N) is 1. The Kier molecular flexibility index (Phi) is 8.46. The number of hydrogen-bond acceptors (Lipinski definition) is 5. The first-order chi connectivity index (χ1) is 14.1. The first kappa shape index (κ1) is 24.2. The highest BCUT2D eigenvalue weighted by Crippen LogP contribution is 2.37.